The molecule has 2 aromatic rings. The van der Waals surface area contributed by atoms with Gasteiger partial charge in [0, 0.05) is 39.3 Å². The Kier molecular flexibility index (Phi) is 18.3. The molecule has 0 aromatic heterocycles. The van der Waals surface area contributed by atoms with Crippen LogP contribution in [0, 0.1) is 11.8 Å². The molecule has 0 bridgehead atoms. The van der Waals surface area contributed by atoms with Crippen molar-refractivity contribution in [2.75, 3.05) is 52.4 Å². The molecule has 4 heterocycles. The first kappa shape index (κ1) is 44.1. The second-order valence-corrected chi connectivity index (χ2v) is 18.1. The number of carboxylic acids is 1. The van der Waals surface area contributed by atoms with Crippen LogP contribution in [0.3, 0.4) is 0 Å². The number of hydrogen-bond donors (Lipinski definition) is 2. The third-order valence-corrected chi connectivity index (χ3v) is 14.5. The molecule has 0 radical (unpaired) electrons. The van der Waals surface area contributed by atoms with E-state index in [0.717, 1.165) is 32.4 Å². The van der Waals surface area contributed by atoms with Crippen molar-refractivity contribution in [3.63, 3.8) is 0 Å². The van der Waals surface area contributed by atoms with Crippen molar-refractivity contribution in [2.45, 2.75) is 94.3 Å². The molecule has 4 fully saturated rings. The minimum Gasteiger partial charge on any atom is -0.481 e. The Morgan fingerprint density at radius 1 is 0.615 bits per heavy atom. The predicted octanol–water partition coefficient (Wildman–Crippen LogP) is 6.75. The van der Waals surface area contributed by atoms with E-state index in [1.807, 2.05) is 4.90 Å². The molecular weight excluding hydrogens is 747 g/mol. The Hall–Kier alpha value is -2.26. The summed E-state index contributed by atoms with van der Waals surface area (Å²) in [4.78, 5) is 25.9. The van der Waals surface area contributed by atoms with E-state index in [4.69, 9.17) is 28.3 Å². The number of piperidine rings is 2. The Morgan fingerprint density at radius 3 is 1.50 bits per heavy atom. The highest BCUT2D eigenvalue weighted by Crippen LogP contribution is 2.30. The lowest BCUT2D eigenvalue weighted by atomic mass is 9.98. The summed E-state index contributed by atoms with van der Waals surface area (Å²) in [5.74, 6) is -1.74. The number of hydrogen-bond acceptors (Lipinski definition) is 7. The largest absolute Gasteiger partial charge is 0.481 e. The number of sulfonamides is 2. The monoisotopic (exact) mass is 802 g/mol. The molecule has 52 heavy (non-hydrogen) atoms. The molecule has 4 saturated heterocycles. The SMILES string of the molecule is C.C1CCCNCC1.O=C(C1CCCN(S(=O)(=O)c2ccccc2Cl)C1)N1CCCCCC1.O=C(O)C1CCCN(S(=O)(=O)c2ccccc2Cl)C1. The van der Waals surface area contributed by atoms with Gasteiger partial charge in [-0.3, -0.25) is 9.59 Å². The van der Waals surface area contributed by atoms with E-state index < -0.39 is 31.9 Å². The fourth-order valence-corrected chi connectivity index (χ4v) is 10.9. The standard InChI is InChI=1S/C18H25ClN2O3S.C12H14ClNO4S.C6H13N.CH4/c19-16-9-3-4-10-17(16)25(23,24)21-13-7-8-15(14-21)18(22)20-11-5-1-2-6-12-20;13-10-5-1-2-6-11(10)19(17,18)14-7-3-4-9(8-14)12(15)16;1-2-4-6-7-5-3-1;/h3-4,9-10,15H,1-2,5-8,11-14H2;1-2,5-6,9H,3-4,7-8H2,(H,15,16);7H,1-6H2;1H4. The van der Waals surface area contributed by atoms with Crippen molar-refractivity contribution < 1.29 is 31.5 Å². The number of likely N-dealkylation sites (tertiary alicyclic amines) is 1. The summed E-state index contributed by atoms with van der Waals surface area (Å²) in [5.41, 5.74) is 0. The topological polar surface area (TPSA) is 144 Å². The van der Waals surface area contributed by atoms with Gasteiger partial charge in [-0.05, 0) is 88.7 Å². The first-order chi connectivity index (χ1) is 24.4. The summed E-state index contributed by atoms with van der Waals surface area (Å²) in [5, 5.41) is 12.7. The zero-order chi connectivity index (χ0) is 36.9. The fraction of sp³-hybridized carbons (Fsp3) is 0.622. The predicted molar refractivity (Wildman–Crippen MR) is 207 cm³/mol. The third kappa shape index (κ3) is 12.4. The average Bonchev–Trinajstić information content (AvgIpc) is 3.61. The van der Waals surface area contributed by atoms with Crippen LogP contribution in [0.4, 0.5) is 0 Å². The second kappa shape index (κ2) is 21.6. The van der Waals surface area contributed by atoms with E-state index in [1.165, 1.54) is 78.4 Å². The number of aliphatic carboxylic acids is 1. The number of nitrogens with one attached hydrogen (secondary N) is 1. The molecule has 1 amide bonds. The van der Waals surface area contributed by atoms with Crippen LogP contribution in [-0.2, 0) is 29.6 Å². The molecule has 2 atom stereocenters. The third-order valence-electron chi connectivity index (χ3n) is 9.75. The molecule has 15 heteroatoms. The molecule has 11 nitrogen and oxygen atoms in total. The molecule has 0 spiro atoms. The number of rotatable bonds is 6. The Morgan fingerprint density at radius 2 is 1.04 bits per heavy atom. The van der Waals surface area contributed by atoms with Gasteiger partial charge in [0.25, 0.3) is 0 Å². The highest BCUT2D eigenvalue weighted by atomic mass is 35.5. The molecular formula is C37H56Cl2N4O7S2. The summed E-state index contributed by atoms with van der Waals surface area (Å²) >= 11 is 12.0. The smallest absolute Gasteiger partial charge is 0.307 e. The van der Waals surface area contributed by atoms with Crippen LogP contribution in [-0.4, -0.2) is 99.7 Å². The van der Waals surface area contributed by atoms with Crippen LogP contribution in [0.15, 0.2) is 58.3 Å². The number of halogens is 2. The summed E-state index contributed by atoms with van der Waals surface area (Å²) < 4.78 is 53.3. The Balaban J connectivity index is 0.000000238. The Labute approximate surface area is 321 Å². The van der Waals surface area contributed by atoms with Crippen molar-refractivity contribution in [3.05, 3.63) is 58.6 Å². The van der Waals surface area contributed by atoms with Gasteiger partial charge in [0.05, 0.1) is 21.9 Å². The van der Waals surface area contributed by atoms with E-state index in [1.54, 1.807) is 30.3 Å². The number of carboxylic acid groups (broad SMARTS) is 1. The first-order valence-electron chi connectivity index (χ1n) is 18.1. The van der Waals surface area contributed by atoms with Gasteiger partial charge in [0.15, 0.2) is 0 Å². The molecule has 2 unspecified atom stereocenters. The van der Waals surface area contributed by atoms with E-state index in [9.17, 15) is 26.4 Å². The first-order valence-corrected chi connectivity index (χ1v) is 21.8. The number of nitrogens with zero attached hydrogens (tertiary/aromatic N) is 3. The van der Waals surface area contributed by atoms with Crippen molar-refractivity contribution in [2.24, 2.45) is 11.8 Å². The van der Waals surface area contributed by atoms with Crippen LogP contribution in [0.25, 0.3) is 0 Å². The highest BCUT2D eigenvalue weighted by Gasteiger charge is 2.36. The van der Waals surface area contributed by atoms with Gasteiger partial charge in [-0.2, -0.15) is 8.61 Å². The quantitative estimate of drug-likeness (QED) is 0.327. The maximum absolute atomic E-state index is 12.9. The van der Waals surface area contributed by atoms with E-state index >= 15 is 0 Å². The molecule has 292 valence electrons. The number of benzene rings is 2. The number of carbonyl (C=O) groups is 2. The Bertz CT molecular complexity index is 1630. The van der Waals surface area contributed by atoms with Gasteiger partial charge in [-0.25, -0.2) is 16.8 Å². The van der Waals surface area contributed by atoms with Crippen LogP contribution in [0.5, 0.6) is 0 Å². The molecule has 4 aliphatic rings. The summed E-state index contributed by atoms with van der Waals surface area (Å²) in [6, 6.07) is 12.7. The zero-order valence-electron chi connectivity index (χ0n) is 29.2. The fourth-order valence-electron chi connectivity index (χ4n) is 6.84. The van der Waals surface area contributed by atoms with Gasteiger partial charge in [-0.15, -0.1) is 0 Å². The molecule has 4 aliphatic heterocycles. The normalized spacial score (nSPS) is 22.2. The highest BCUT2D eigenvalue weighted by molar-refractivity contribution is 7.89. The van der Waals surface area contributed by atoms with Crippen molar-refractivity contribution in [1.82, 2.24) is 18.8 Å². The maximum atomic E-state index is 12.9. The zero-order valence-corrected chi connectivity index (χ0v) is 32.4. The van der Waals surface area contributed by atoms with Crippen molar-refractivity contribution >= 4 is 55.1 Å². The van der Waals surface area contributed by atoms with Gasteiger partial charge in [0.1, 0.15) is 9.79 Å². The summed E-state index contributed by atoms with van der Waals surface area (Å²) in [6.07, 6.45) is 12.6. The van der Waals surface area contributed by atoms with E-state index in [0.29, 0.717) is 32.4 Å². The number of carbonyl (C=O) groups excluding carboxylic acids is 1. The minimum atomic E-state index is -3.72. The van der Waals surface area contributed by atoms with Crippen LogP contribution in [0.2, 0.25) is 10.0 Å². The second-order valence-electron chi connectivity index (χ2n) is 13.5. The molecule has 2 aromatic carbocycles. The lowest BCUT2D eigenvalue weighted by Crippen LogP contribution is -2.47. The number of amides is 1. The van der Waals surface area contributed by atoms with E-state index in [-0.39, 0.29) is 52.2 Å². The molecule has 0 saturated carbocycles. The maximum Gasteiger partial charge on any atom is 0.307 e. The van der Waals surface area contributed by atoms with Crippen molar-refractivity contribution in [1.29, 1.82) is 0 Å². The van der Waals surface area contributed by atoms with Crippen LogP contribution >= 0.6 is 23.2 Å². The van der Waals surface area contributed by atoms with E-state index in [2.05, 4.69) is 5.32 Å². The van der Waals surface area contributed by atoms with Gasteiger partial charge >= 0.3 is 5.97 Å². The summed E-state index contributed by atoms with van der Waals surface area (Å²) in [6.45, 7) is 5.12. The van der Waals surface area contributed by atoms with Crippen molar-refractivity contribution in [3.8, 4) is 0 Å². The van der Waals surface area contributed by atoms with Crippen LogP contribution in [0.1, 0.15) is 84.5 Å². The summed E-state index contributed by atoms with van der Waals surface area (Å²) in [7, 11) is -7.39. The minimum absolute atomic E-state index is 0. The van der Waals surface area contributed by atoms with Gasteiger partial charge in [0.2, 0.25) is 26.0 Å². The van der Waals surface area contributed by atoms with Crippen LogP contribution < -0.4 is 5.32 Å². The lowest BCUT2D eigenvalue weighted by Gasteiger charge is -2.34. The lowest BCUT2D eigenvalue weighted by molar-refractivity contribution is -0.143. The molecule has 2 N–H and O–H groups in total. The molecule has 0 aliphatic carbocycles. The average molecular weight is 804 g/mol. The van der Waals surface area contributed by atoms with Gasteiger partial charge < -0.3 is 15.3 Å². The van der Waals surface area contributed by atoms with Gasteiger partial charge in [-0.1, -0.05) is 80.6 Å². The molecule has 6 rings (SSSR count).